The Labute approximate surface area is 193 Å². The summed E-state index contributed by atoms with van der Waals surface area (Å²) in [5.41, 5.74) is 1.15. The number of hydrogen-bond donors (Lipinski definition) is 1. The molecule has 1 fully saturated rings. The topological polar surface area (TPSA) is 95.6 Å². The van der Waals surface area contributed by atoms with E-state index in [0.717, 1.165) is 0 Å². The molecule has 1 aliphatic heterocycles. The Morgan fingerprint density at radius 2 is 1.58 bits per heavy atom. The second kappa shape index (κ2) is 10.8. The zero-order valence-electron chi connectivity index (χ0n) is 19.6. The number of anilines is 2. The van der Waals surface area contributed by atoms with E-state index in [-0.39, 0.29) is 24.8 Å². The third-order valence-corrected chi connectivity index (χ3v) is 5.27. The summed E-state index contributed by atoms with van der Waals surface area (Å²) in [6.07, 6.45) is 0.0951. The molecule has 1 saturated heterocycles. The maximum atomic E-state index is 12.9. The van der Waals surface area contributed by atoms with Crippen LogP contribution in [0.5, 0.6) is 28.7 Å². The average Bonchev–Trinajstić information content (AvgIpc) is 3.21. The highest BCUT2D eigenvalue weighted by Crippen LogP contribution is 2.42. The lowest BCUT2D eigenvalue weighted by molar-refractivity contribution is -0.122. The van der Waals surface area contributed by atoms with E-state index in [4.69, 9.17) is 23.7 Å². The van der Waals surface area contributed by atoms with E-state index in [1.54, 1.807) is 35.2 Å². The van der Waals surface area contributed by atoms with Crippen LogP contribution >= 0.6 is 0 Å². The number of benzene rings is 2. The zero-order chi connectivity index (χ0) is 24.0. The second-order valence-electron chi connectivity index (χ2n) is 7.31. The number of nitrogens with one attached hydrogen (secondary N) is 1. The number of carbonyl (C=O) groups excluding carboxylic acids is 2. The van der Waals surface area contributed by atoms with Crippen molar-refractivity contribution in [1.82, 2.24) is 0 Å². The highest BCUT2D eigenvalue weighted by molar-refractivity contribution is 6.03. The average molecular weight is 459 g/mol. The summed E-state index contributed by atoms with van der Waals surface area (Å²) in [6.45, 7) is 4.98. The highest BCUT2D eigenvalue weighted by atomic mass is 16.5. The lowest BCUT2D eigenvalue weighted by atomic mass is 10.1. The molecule has 1 unspecified atom stereocenters. The number of nitrogens with zero attached hydrogens (tertiary/aromatic N) is 1. The minimum Gasteiger partial charge on any atom is -0.493 e. The van der Waals surface area contributed by atoms with Crippen LogP contribution in [0.25, 0.3) is 0 Å². The van der Waals surface area contributed by atoms with E-state index in [1.807, 2.05) is 13.8 Å². The van der Waals surface area contributed by atoms with Gasteiger partial charge in [-0.25, -0.2) is 0 Å². The number of rotatable bonds is 10. The maximum Gasteiger partial charge on any atom is 0.229 e. The van der Waals surface area contributed by atoms with Crippen molar-refractivity contribution in [3.63, 3.8) is 0 Å². The molecule has 9 nitrogen and oxygen atoms in total. The molecule has 0 bridgehead atoms. The first-order valence-corrected chi connectivity index (χ1v) is 10.8. The summed E-state index contributed by atoms with van der Waals surface area (Å²) in [4.78, 5) is 27.2. The molecule has 0 aromatic heterocycles. The van der Waals surface area contributed by atoms with Crippen LogP contribution < -0.4 is 33.9 Å². The normalized spacial score (nSPS) is 15.2. The van der Waals surface area contributed by atoms with Crippen LogP contribution in [0.15, 0.2) is 30.3 Å². The Kier molecular flexibility index (Phi) is 7.87. The van der Waals surface area contributed by atoms with E-state index < -0.39 is 5.92 Å². The van der Waals surface area contributed by atoms with Gasteiger partial charge in [0.1, 0.15) is 0 Å². The monoisotopic (exact) mass is 458 g/mol. The van der Waals surface area contributed by atoms with Crippen molar-refractivity contribution < 1.29 is 33.3 Å². The lowest BCUT2D eigenvalue weighted by Crippen LogP contribution is -2.28. The molecule has 1 aliphatic rings. The standard InChI is InChI=1S/C24H30N2O7/c1-6-32-18-9-8-16(11-19(18)33-7-2)25-24(28)15-10-22(27)26(14-15)17-12-20(29-3)23(31-5)21(13-17)30-4/h8-9,11-13,15H,6-7,10,14H2,1-5H3,(H,25,28). The van der Waals surface area contributed by atoms with Gasteiger partial charge in [-0.05, 0) is 26.0 Å². The van der Waals surface area contributed by atoms with Crippen LogP contribution in [0.3, 0.4) is 0 Å². The molecule has 2 aromatic rings. The van der Waals surface area contributed by atoms with Gasteiger partial charge in [0, 0.05) is 36.9 Å². The lowest BCUT2D eigenvalue weighted by Gasteiger charge is -2.20. The smallest absolute Gasteiger partial charge is 0.229 e. The first kappa shape index (κ1) is 24.0. The first-order valence-electron chi connectivity index (χ1n) is 10.8. The van der Waals surface area contributed by atoms with Crippen LogP contribution in [-0.4, -0.2) is 52.9 Å². The zero-order valence-corrected chi connectivity index (χ0v) is 19.6. The molecule has 1 heterocycles. The van der Waals surface area contributed by atoms with E-state index in [9.17, 15) is 9.59 Å². The number of methoxy groups -OCH3 is 3. The molecule has 33 heavy (non-hydrogen) atoms. The third kappa shape index (κ3) is 5.24. The van der Waals surface area contributed by atoms with Gasteiger partial charge in [0.2, 0.25) is 17.6 Å². The van der Waals surface area contributed by atoms with Crippen LogP contribution in [0, 0.1) is 5.92 Å². The van der Waals surface area contributed by atoms with Crippen LogP contribution in [0.2, 0.25) is 0 Å². The van der Waals surface area contributed by atoms with E-state index >= 15 is 0 Å². The van der Waals surface area contributed by atoms with Crippen molar-refractivity contribution in [2.75, 3.05) is 51.3 Å². The Balaban J connectivity index is 1.76. The SMILES string of the molecule is CCOc1ccc(NC(=O)C2CC(=O)N(c3cc(OC)c(OC)c(OC)c3)C2)cc1OCC. The van der Waals surface area contributed by atoms with Crippen LogP contribution in [0.1, 0.15) is 20.3 Å². The van der Waals surface area contributed by atoms with Crippen molar-refractivity contribution in [2.45, 2.75) is 20.3 Å². The first-order chi connectivity index (χ1) is 15.9. The number of hydrogen-bond acceptors (Lipinski definition) is 7. The van der Waals surface area contributed by atoms with E-state index in [0.29, 0.717) is 53.3 Å². The van der Waals surface area contributed by atoms with Crippen molar-refractivity contribution >= 4 is 23.2 Å². The summed E-state index contributed by atoms with van der Waals surface area (Å²) in [6, 6.07) is 8.62. The molecule has 0 saturated carbocycles. The van der Waals surface area contributed by atoms with Gasteiger partial charge in [-0.1, -0.05) is 0 Å². The summed E-state index contributed by atoms with van der Waals surface area (Å²) in [5, 5.41) is 2.89. The van der Waals surface area contributed by atoms with Gasteiger partial charge in [0.05, 0.1) is 46.1 Å². The number of amides is 2. The maximum absolute atomic E-state index is 12.9. The number of ether oxygens (including phenoxy) is 5. The molecular formula is C24H30N2O7. The predicted molar refractivity (Wildman–Crippen MR) is 124 cm³/mol. The van der Waals surface area contributed by atoms with Gasteiger partial charge in [0.15, 0.2) is 23.0 Å². The highest BCUT2D eigenvalue weighted by Gasteiger charge is 2.36. The Morgan fingerprint density at radius 1 is 0.939 bits per heavy atom. The second-order valence-corrected chi connectivity index (χ2v) is 7.31. The Bertz CT molecular complexity index is 983. The van der Waals surface area contributed by atoms with Crippen molar-refractivity contribution in [1.29, 1.82) is 0 Å². The predicted octanol–water partition coefficient (Wildman–Crippen LogP) is 3.50. The Morgan fingerprint density at radius 3 is 2.15 bits per heavy atom. The van der Waals surface area contributed by atoms with Gasteiger partial charge < -0.3 is 33.9 Å². The third-order valence-electron chi connectivity index (χ3n) is 5.27. The molecule has 9 heteroatoms. The minimum atomic E-state index is -0.515. The molecule has 0 spiro atoms. The van der Waals surface area contributed by atoms with E-state index in [2.05, 4.69) is 5.32 Å². The fourth-order valence-electron chi connectivity index (χ4n) is 3.73. The molecule has 3 rings (SSSR count). The largest absolute Gasteiger partial charge is 0.493 e. The minimum absolute atomic E-state index is 0.0951. The van der Waals surface area contributed by atoms with Crippen molar-refractivity contribution in [2.24, 2.45) is 5.92 Å². The van der Waals surface area contributed by atoms with Crippen LogP contribution in [0.4, 0.5) is 11.4 Å². The molecule has 178 valence electrons. The summed E-state index contributed by atoms with van der Waals surface area (Å²) in [5.74, 6) is 1.55. The summed E-state index contributed by atoms with van der Waals surface area (Å²) < 4.78 is 27.3. The van der Waals surface area contributed by atoms with Crippen molar-refractivity contribution in [3.8, 4) is 28.7 Å². The van der Waals surface area contributed by atoms with Gasteiger partial charge in [-0.2, -0.15) is 0 Å². The molecule has 2 aromatic carbocycles. The van der Waals surface area contributed by atoms with Gasteiger partial charge in [0.25, 0.3) is 0 Å². The molecule has 0 aliphatic carbocycles. The molecule has 2 amide bonds. The summed E-state index contributed by atoms with van der Waals surface area (Å²) in [7, 11) is 4.53. The van der Waals surface area contributed by atoms with Gasteiger partial charge >= 0.3 is 0 Å². The summed E-state index contributed by atoms with van der Waals surface area (Å²) >= 11 is 0. The van der Waals surface area contributed by atoms with Gasteiger partial charge in [-0.15, -0.1) is 0 Å². The molecular weight excluding hydrogens is 428 g/mol. The Hall–Kier alpha value is -3.62. The number of carbonyl (C=O) groups is 2. The fraction of sp³-hybridized carbons (Fsp3) is 0.417. The molecule has 1 N–H and O–H groups in total. The van der Waals surface area contributed by atoms with Crippen molar-refractivity contribution in [3.05, 3.63) is 30.3 Å². The molecule has 0 radical (unpaired) electrons. The molecule has 1 atom stereocenters. The quantitative estimate of drug-likeness (QED) is 0.582. The van der Waals surface area contributed by atoms with Gasteiger partial charge in [-0.3, -0.25) is 9.59 Å². The van der Waals surface area contributed by atoms with E-state index in [1.165, 1.54) is 21.3 Å². The van der Waals surface area contributed by atoms with Crippen LogP contribution in [-0.2, 0) is 9.59 Å². The fourth-order valence-corrected chi connectivity index (χ4v) is 3.73.